The molecule has 86 valence electrons. The lowest BCUT2D eigenvalue weighted by Gasteiger charge is -2.50. The van der Waals surface area contributed by atoms with Crippen LogP contribution in [0, 0.1) is 12.8 Å². The van der Waals surface area contributed by atoms with Crippen molar-refractivity contribution in [3.63, 3.8) is 0 Å². The van der Waals surface area contributed by atoms with E-state index in [1.54, 1.807) is 5.56 Å². The van der Waals surface area contributed by atoms with Crippen molar-refractivity contribution < 1.29 is 0 Å². The number of hydrogen-bond acceptors (Lipinski definition) is 1. The van der Waals surface area contributed by atoms with Crippen LogP contribution in [-0.2, 0) is 0 Å². The zero-order valence-electron chi connectivity index (χ0n) is 10.3. The van der Waals surface area contributed by atoms with E-state index >= 15 is 0 Å². The van der Waals surface area contributed by atoms with Gasteiger partial charge in [0.1, 0.15) is 0 Å². The first-order chi connectivity index (χ1) is 7.77. The van der Waals surface area contributed by atoms with Crippen molar-refractivity contribution in [3.05, 3.63) is 35.4 Å². The summed E-state index contributed by atoms with van der Waals surface area (Å²) in [5.74, 6) is 1.71. The lowest BCUT2D eigenvalue weighted by atomic mass is 9.70. The van der Waals surface area contributed by atoms with Crippen LogP contribution in [0.3, 0.4) is 0 Å². The van der Waals surface area contributed by atoms with E-state index < -0.39 is 0 Å². The monoisotopic (exact) mass is 215 g/mol. The fraction of sp³-hybridized carbons (Fsp3) is 0.600. The molecule has 2 atom stereocenters. The van der Waals surface area contributed by atoms with E-state index in [0.717, 1.165) is 17.9 Å². The SMILES string of the molecule is Cc1ccccc1C1C2CCN(CC2)C1C. The average molecular weight is 215 g/mol. The molecule has 3 saturated heterocycles. The van der Waals surface area contributed by atoms with Crippen molar-refractivity contribution in [2.45, 2.75) is 38.6 Å². The van der Waals surface area contributed by atoms with E-state index in [1.165, 1.54) is 31.5 Å². The van der Waals surface area contributed by atoms with Crippen molar-refractivity contribution in [3.8, 4) is 0 Å². The van der Waals surface area contributed by atoms with Gasteiger partial charge in [-0.2, -0.15) is 0 Å². The molecule has 1 aromatic rings. The van der Waals surface area contributed by atoms with Crippen molar-refractivity contribution in [2.24, 2.45) is 5.92 Å². The molecule has 0 amide bonds. The summed E-state index contributed by atoms with van der Waals surface area (Å²) in [5, 5.41) is 0. The van der Waals surface area contributed by atoms with Gasteiger partial charge < -0.3 is 4.90 Å². The van der Waals surface area contributed by atoms with E-state index in [4.69, 9.17) is 0 Å². The first-order valence-corrected chi connectivity index (χ1v) is 6.57. The van der Waals surface area contributed by atoms with Crippen LogP contribution in [0.4, 0.5) is 0 Å². The Morgan fingerprint density at radius 2 is 1.81 bits per heavy atom. The summed E-state index contributed by atoms with van der Waals surface area (Å²) in [6.45, 7) is 7.34. The summed E-state index contributed by atoms with van der Waals surface area (Å²) in [7, 11) is 0. The minimum Gasteiger partial charge on any atom is -0.300 e. The zero-order chi connectivity index (χ0) is 11.1. The van der Waals surface area contributed by atoms with Gasteiger partial charge in [0.2, 0.25) is 0 Å². The highest BCUT2D eigenvalue weighted by Crippen LogP contribution is 2.43. The molecule has 1 nitrogen and oxygen atoms in total. The molecule has 0 radical (unpaired) electrons. The third-order valence-electron chi connectivity index (χ3n) is 4.73. The van der Waals surface area contributed by atoms with Crippen LogP contribution in [0.2, 0.25) is 0 Å². The Morgan fingerprint density at radius 1 is 1.12 bits per heavy atom. The van der Waals surface area contributed by atoms with Crippen LogP contribution < -0.4 is 0 Å². The molecule has 16 heavy (non-hydrogen) atoms. The molecule has 3 aliphatic rings. The molecule has 3 heterocycles. The third-order valence-corrected chi connectivity index (χ3v) is 4.73. The van der Waals surface area contributed by atoms with E-state index in [0.29, 0.717) is 0 Å². The molecule has 0 aromatic heterocycles. The molecule has 0 spiro atoms. The second-order valence-electron chi connectivity index (χ2n) is 5.50. The molecule has 3 fully saturated rings. The fourth-order valence-electron chi connectivity index (χ4n) is 3.78. The summed E-state index contributed by atoms with van der Waals surface area (Å²) in [4.78, 5) is 2.68. The quantitative estimate of drug-likeness (QED) is 0.695. The lowest BCUT2D eigenvalue weighted by molar-refractivity contribution is 0.0348. The van der Waals surface area contributed by atoms with Crippen molar-refractivity contribution in [1.82, 2.24) is 4.90 Å². The summed E-state index contributed by atoms with van der Waals surface area (Å²) in [6.07, 6.45) is 2.81. The maximum Gasteiger partial charge on any atom is 0.0138 e. The smallest absolute Gasteiger partial charge is 0.0138 e. The molecule has 0 aliphatic carbocycles. The Bertz CT molecular complexity index is 375. The van der Waals surface area contributed by atoms with Crippen LogP contribution in [0.15, 0.2) is 24.3 Å². The van der Waals surface area contributed by atoms with Crippen LogP contribution >= 0.6 is 0 Å². The Labute approximate surface area is 98.5 Å². The van der Waals surface area contributed by atoms with Crippen molar-refractivity contribution >= 4 is 0 Å². The molecule has 0 N–H and O–H groups in total. The average Bonchev–Trinajstić information content (AvgIpc) is 2.32. The maximum absolute atomic E-state index is 2.68. The molecule has 1 aromatic carbocycles. The summed E-state index contributed by atoms with van der Waals surface area (Å²) in [5.41, 5.74) is 3.08. The second-order valence-corrected chi connectivity index (χ2v) is 5.50. The number of rotatable bonds is 1. The Hall–Kier alpha value is -0.820. The number of fused-ring (bicyclic) bond motifs is 3. The van der Waals surface area contributed by atoms with Gasteiger partial charge >= 0.3 is 0 Å². The summed E-state index contributed by atoms with van der Waals surface area (Å²) >= 11 is 0. The van der Waals surface area contributed by atoms with Crippen LogP contribution in [0.25, 0.3) is 0 Å². The largest absolute Gasteiger partial charge is 0.300 e. The van der Waals surface area contributed by atoms with Crippen LogP contribution in [0.1, 0.15) is 36.8 Å². The number of piperidine rings is 3. The van der Waals surface area contributed by atoms with Gasteiger partial charge in [-0.3, -0.25) is 0 Å². The Balaban J connectivity index is 1.97. The predicted octanol–water partition coefficient (Wildman–Crippen LogP) is 3.19. The van der Waals surface area contributed by atoms with Crippen LogP contribution in [-0.4, -0.2) is 24.0 Å². The highest BCUT2D eigenvalue weighted by atomic mass is 15.2. The number of aryl methyl sites for hydroxylation is 1. The fourth-order valence-corrected chi connectivity index (χ4v) is 3.78. The maximum atomic E-state index is 2.68. The van der Waals surface area contributed by atoms with E-state index in [-0.39, 0.29) is 0 Å². The van der Waals surface area contributed by atoms with Gasteiger partial charge in [0.15, 0.2) is 0 Å². The Kier molecular flexibility index (Phi) is 2.51. The molecule has 2 bridgehead atoms. The number of benzene rings is 1. The van der Waals surface area contributed by atoms with Crippen molar-refractivity contribution in [2.75, 3.05) is 13.1 Å². The molecule has 1 heteroatoms. The van der Waals surface area contributed by atoms with E-state index in [1.807, 2.05) is 0 Å². The first-order valence-electron chi connectivity index (χ1n) is 6.57. The molecule has 3 aliphatic heterocycles. The highest BCUT2D eigenvalue weighted by molar-refractivity contribution is 5.32. The normalized spacial score (nSPS) is 37.6. The minimum atomic E-state index is 0.744. The molecule has 0 saturated carbocycles. The zero-order valence-corrected chi connectivity index (χ0v) is 10.3. The van der Waals surface area contributed by atoms with Crippen LogP contribution in [0.5, 0.6) is 0 Å². The number of nitrogens with zero attached hydrogens (tertiary/aromatic N) is 1. The van der Waals surface area contributed by atoms with E-state index in [2.05, 4.69) is 43.0 Å². The lowest BCUT2D eigenvalue weighted by Crippen LogP contribution is -2.52. The first kappa shape index (κ1) is 10.3. The molecule has 2 unspecified atom stereocenters. The predicted molar refractivity (Wildman–Crippen MR) is 67.7 cm³/mol. The Morgan fingerprint density at radius 3 is 2.44 bits per heavy atom. The molecular formula is C15H21N. The number of hydrogen-bond donors (Lipinski definition) is 0. The van der Waals surface area contributed by atoms with Gasteiger partial charge in [-0.15, -0.1) is 0 Å². The minimum absolute atomic E-state index is 0.744. The summed E-state index contributed by atoms with van der Waals surface area (Å²) < 4.78 is 0. The van der Waals surface area contributed by atoms with Gasteiger partial charge in [-0.05, 0) is 56.8 Å². The van der Waals surface area contributed by atoms with Gasteiger partial charge in [-0.1, -0.05) is 24.3 Å². The van der Waals surface area contributed by atoms with Crippen molar-refractivity contribution in [1.29, 1.82) is 0 Å². The second kappa shape index (κ2) is 3.89. The van der Waals surface area contributed by atoms with Gasteiger partial charge in [0, 0.05) is 12.0 Å². The molecule has 4 rings (SSSR count). The standard InChI is InChI=1S/C15H21N/c1-11-5-3-4-6-14(11)15-12(2)16-9-7-13(15)8-10-16/h3-6,12-13,15H,7-10H2,1-2H3. The topological polar surface area (TPSA) is 3.24 Å². The summed E-state index contributed by atoms with van der Waals surface area (Å²) in [6, 6.07) is 9.71. The highest BCUT2D eigenvalue weighted by Gasteiger charge is 2.40. The third kappa shape index (κ3) is 1.49. The van der Waals surface area contributed by atoms with Gasteiger partial charge in [0.25, 0.3) is 0 Å². The molecular weight excluding hydrogens is 194 g/mol. The van der Waals surface area contributed by atoms with E-state index in [9.17, 15) is 0 Å². The van der Waals surface area contributed by atoms with Gasteiger partial charge in [0.05, 0.1) is 0 Å². The van der Waals surface area contributed by atoms with Gasteiger partial charge in [-0.25, -0.2) is 0 Å².